The van der Waals surface area contributed by atoms with Gasteiger partial charge >= 0.3 is 0 Å². The van der Waals surface area contributed by atoms with Crippen molar-refractivity contribution in [3.8, 4) is 5.75 Å². The van der Waals surface area contributed by atoms with Crippen LogP contribution in [-0.4, -0.2) is 43.4 Å². The Morgan fingerprint density at radius 3 is 2.44 bits per heavy atom. The Kier molecular flexibility index (Phi) is 8.64. The van der Waals surface area contributed by atoms with E-state index in [0.717, 1.165) is 25.7 Å². The summed E-state index contributed by atoms with van der Waals surface area (Å²) < 4.78 is 33.3. The van der Waals surface area contributed by atoms with E-state index in [1.54, 1.807) is 42.5 Å². The van der Waals surface area contributed by atoms with Gasteiger partial charge in [0.1, 0.15) is 5.75 Å². The van der Waals surface area contributed by atoms with E-state index in [-0.39, 0.29) is 15.9 Å². The number of sulfonamides is 1. The lowest BCUT2D eigenvalue weighted by atomic mass is 10.2. The molecule has 3 rings (SSSR count). The highest BCUT2D eigenvalue weighted by molar-refractivity contribution is 9.10. The summed E-state index contributed by atoms with van der Waals surface area (Å²) >= 11 is 8.64. The summed E-state index contributed by atoms with van der Waals surface area (Å²) in [6, 6.07) is 11.4. The molecule has 1 saturated heterocycles. The quantitative estimate of drug-likeness (QED) is 0.502. The van der Waals surface area contributed by atoms with Gasteiger partial charge in [0.25, 0.3) is 5.91 Å². The third-order valence-corrected chi connectivity index (χ3v) is 7.68. The monoisotopic (exact) mass is 539 g/mol. The number of ether oxygens (including phenoxy) is 1. The molecular weight excluding hydrogens is 514 g/mol. The van der Waals surface area contributed by atoms with Crippen molar-refractivity contribution in [3.63, 3.8) is 0 Å². The zero-order valence-corrected chi connectivity index (χ0v) is 21.0. The first-order valence-electron chi connectivity index (χ1n) is 10.5. The van der Waals surface area contributed by atoms with Crippen LogP contribution in [0.15, 0.2) is 51.8 Å². The van der Waals surface area contributed by atoms with Gasteiger partial charge in [-0.05, 0) is 89.9 Å². The number of amides is 1. The second kappa shape index (κ2) is 11.2. The number of hydrogen-bond donors (Lipinski definition) is 2. The Balaban J connectivity index is 1.59. The van der Waals surface area contributed by atoms with Crippen molar-refractivity contribution < 1.29 is 17.9 Å². The average molecular weight is 541 g/mol. The van der Waals surface area contributed by atoms with Gasteiger partial charge in [-0.25, -0.2) is 8.42 Å². The molecule has 1 heterocycles. The summed E-state index contributed by atoms with van der Waals surface area (Å²) in [6.07, 6.45) is 3.72. The number of carbonyl (C=O) groups is 1. The number of piperidine rings is 1. The number of nitrogens with one attached hydrogen (secondary N) is 2. The molecule has 0 bridgehead atoms. The number of halogens is 1. The molecule has 32 heavy (non-hydrogen) atoms. The number of thiocarbonyl (C=S) groups is 1. The first kappa shape index (κ1) is 24.6. The summed E-state index contributed by atoms with van der Waals surface area (Å²) in [5, 5.41) is 5.65. The van der Waals surface area contributed by atoms with Gasteiger partial charge in [0.2, 0.25) is 10.0 Å². The van der Waals surface area contributed by atoms with Crippen LogP contribution < -0.4 is 15.4 Å². The van der Waals surface area contributed by atoms with Crippen molar-refractivity contribution in [3.05, 3.63) is 52.5 Å². The van der Waals surface area contributed by atoms with Crippen LogP contribution in [0.4, 0.5) is 5.69 Å². The number of benzene rings is 2. The molecule has 0 unspecified atom stereocenters. The van der Waals surface area contributed by atoms with Crippen molar-refractivity contribution in [1.82, 2.24) is 9.62 Å². The van der Waals surface area contributed by atoms with Gasteiger partial charge in [-0.2, -0.15) is 4.31 Å². The molecule has 1 fully saturated rings. The van der Waals surface area contributed by atoms with Crippen LogP contribution in [0.1, 0.15) is 43.0 Å². The normalized spacial score (nSPS) is 14.6. The molecule has 2 N–H and O–H groups in total. The van der Waals surface area contributed by atoms with E-state index in [2.05, 4.69) is 26.6 Å². The maximum atomic E-state index is 12.7. The summed E-state index contributed by atoms with van der Waals surface area (Å²) in [7, 11) is -3.49. The van der Waals surface area contributed by atoms with Crippen LogP contribution in [0.5, 0.6) is 5.75 Å². The number of rotatable bonds is 7. The molecule has 7 nitrogen and oxygen atoms in total. The molecule has 1 aliphatic heterocycles. The smallest absolute Gasteiger partial charge is 0.257 e. The van der Waals surface area contributed by atoms with Gasteiger partial charge < -0.3 is 10.1 Å². The first-order chi connectivity index (χ1) is 15.3. The minimum Gasteiger partial charge on any atom is -0.492 e. The SMILES string of the molecule is CCCOc1ccc(C(=O)NC(=S)Nc2ccc(S(=O)(=O)N3CCCCC3)cc2)cc1Br. The number of carbonyl (C=O) groups excluding carboxylic acids is 1. The largest absolute Gasteiger partial charge is 0.492 e. The van der Waals surface area contributed by atoms with E-state index < -0.39 is 10.0 Å². The Morgan fingerprint density at radius 2 is 1.81 bits per heavy atom. The van der Waals surface area contributed by atoms with Crippen LogP contribution in [0.2, 0.25) is 0 Å². The van der Waals surface area contributed by atoms with Gasteiger partial charge in [-0.3, -0.25) is 10.1 Å². The lowest BCUT2D eigenvalue weighted by molar-refractivity contribution is 0.0977. The number of anilines is 1. The standard InChI is InChI=1S/C22H26BrN3O4S2/c1-2-14-30-20-11-6-16(15-19(20)23)21(27)25-22(31)24-17-7-9-18(10-8-17)32(28,29)26-12-4-3-5-13-26/h6-11,15H,2-5,12-14H2,1H3,(H2,24,25,27,31). The zero-order valence-electron chi connectivity index (χ0n) is 17.8. The molecule has 1 aliphatic rings. The van der Waals surface area contributed by atoms with Crippen LogP contribution >= 0.6 is 28.1 Å². The predicted octanol–water partition coefficient (Wildman–Crippen LogP) is 4.54. The maximum Gasteiger partial charge on any atom is 0.257 e. The van der Waals surface area contributed by atoms with Crippen LogP contribution in [0.25, 0.3) is 0 Å². The van der Waals surface area contributed by atoms with E-state index in [1.807, 2.05) is 6.92 Å². The van der Waals surface area contributed by atoms with Gasteiger partial charge in [0, 0.05) is 24.3 Å². The summed E-state index contributed by atoms with van der Waals surface area (Å²) in [5.41, 5.74) is 1.00. The summed E-state index contributed by atoms with van der Waals surface area (Å²) in [6.45, 7) is 3.72. The molecule has 172 valence electrons. The van der Waals surface area contributed by atoms with E-state index in [9.17, 15) is 13.2 Å². The third kappa shape index (κ3) is 6.28. The van der Waals surface area contributed by atoms with Gasteiger partial charge in [0.15, 0.2) is 5.11 Å². The van der Waals surface area contributed by atoms with Crippen LogP contribution in [0, 0.1) is 0 Å². The zero-order chi connectivity index (χ0) is 23.1. The molecule has 0 radical (unpaired) electrons. The molecule has 2 aromatic rings. The lowest BCUT2D eigenvalue weighted by Crippen LogP contribution is -2.35. The molecule has 0 aromatic heterocycles. The average Bonchev–Trinajstić information content (AvgIpc) is 2.79. The van der Waals surface area contributed by atoms with E-state index in [0.29, 0.717) is 41.2 Å². The first-order valence-corrected chi connectivity index (χ1v) is 13.1. The minimum absolute atomic E-state index is 0.115. The van der Waals surface area contributed by atoms with E-state index >= 15 is 0 Å². The van der Waals surface area contributed by atoms with Crippen molar-refractivity contribution >= 4 is 54.9 Å². The molecule has 1 amide bonds. The van der Waals surface area contributed by atoms with Crippen molar-refractivity contribution in [2.24, 2.45) is 0 Å². The molecule has 0 spiro atoms. The number of nitrogens with zero attached hydrogens (tertiary/aromatic N) is 1. The predicted molar refractivity (Wildman–Crippen MR) is 133 cm³/mol. The minimum atomic E-state index is -3.49. The fourth-order valence-electron chi connectivity index (χ4n) is 3.27. The highest BCUT2D eigenvalue weighted by atomic mass is 79.9. The second-order valence-electron chi connectivity index (χ2n) is 7.39. The van der Waals surface area contributed by atoms with E-state index in [1.165, 1.54) is 4.31 Å². The molecule has 2 aromatic carbocycles. The van der Waals surface area contributed by atoms with Crippen molar-refractivity contribution in [2.75, 3.05) is 25.0 Å². The highest BCUT2D eigenvalue weighted by Gasteiger charge is 2.25. The molecule has 0 atom stereocenters. The van der Waals surface area contributed by atoms with E-state index in [4.69, 9.17) is 17.0 Å². The topological polar surface area (TPSA) is 87.7 Å². The fourth-order valence-corrected chi connectivity index (χ4v) is 5.49. The third-order valence-electron chi connectivity index (χ3n) is 4.95. The molecule has 0 saturated carbocycles. The van der Waals surface area contributed by atoms with Gasteiger partial charge in [-0.15, -0.1) is 0 Å². The van der Waals surface area contributed by atoms with Crippen LogP contribution in [0.3, 0.4) is 0 Å². The summed E-state index contributed by atoms with van der Waals surface area (Å²) in [4.78, 5) is 12.7. The second-order valence-corrected chi connectivity index (χ2v) is 10.6. The summed E-state index contributed by atoms with van der Waals surface area (Å²) in [5.74, 6) is 0.304. The van der Waals surface area contributed by atoms with Crippen molar-refractivity contribution in [2.45, 2.75) is 37.5 Å². The Hall–Kier alpha value is -2.01. The van der Waals surface area contributed by atoms with Gasteiger partial charge in [-0.1, -0.05) is 13.3 Å². The van der Waals surface area contributed by atoms with Gasteiger partial charge in [0.05, 0.1) is 16.0 Å². The Labute approximate surface area is 202 Å². The maximum absolute atomic E-state index is 12.7. The number of hydrogen-bond acceptors (Lipinski definition) is 5. The van der Waals surface area contributed by atoms with Crippen LogP contribution in [-0.2, 0) is 10.0 Å². The highest BCUT2D eigenvalue weighted by Crippen LogP contribution is 2.26. The fraction of sp³-hybridized carbons (Fsp3) is 0.364. The molecular formula is C22H26BrN3O4S2. The molecule has 10 heteroatoms. The van der Waals surface area contributed by atoms with Crippen molar-refractivity contribution in [1.29, 1.82) is 0 Å². The Bertz CT molecular complexity index is 1070. The Morgan fingerprint density at radius 1 is 1.12 bits per heavy atom. The molecule has 0 aliphatic carbocycles. The lowest BCUT2D eigenvalue weighted by Gasteiger charge is -2.25.